The first-order valence-corrected chi connectivity index (χ1v) is 9.29. The van der Waals surface area contributed by atoms with Gasteiger partial charge in [-0.1, -0.05) is 12.1 Å². The summed E-state index contributed by atoms with van der Waals surface area (Å²) in [5.41, 5.74) is 8.67. The molecule has 2 heterocycles. The highest BCUT2D eigenvalue weighted by atomic mass is 16.5. The van der Waals surface area contributed by atoms with Crippen molar-refractivity contribution in [3.8, 4) is 17.1 Å². The van der Waals surface area contributed by atoms with Gasteiger partial charge in [-0.25, -0.2) is 9.97 Å². The molecular weight excluding hydrogens is 356 g/mol. The zero-order valence-electron chi connectivity index (χ0n) is 16.5. The maximum atomic E-state index is 12.5. The number of hydrogen-bond acceptors (Lipinski definition) is 7. The molecule has 28 heavy (non-hydrogen) atoms. The van der Waals surface area contributed by atoms with Crippen LogP contribution >= 0.6 is 0 Å². The lowest BCUT2D eigenvalue weighted by Crippen LogP contribution is -2.30. The fraction of sp³-hybridized carbons (Fsp3) is 0.350. The van der Waals surface area contributed by atoms with Gasteiger partial charge in [-0.05, 0) is 39.8 Å². The van der Waals surface area contributed by atoms with Gasteiger partial charge in [-0.15, -0.1) is 0 Å². The average molecular weight is 380 g/mol. The van der Waals surface area contributed by atoms with Crippen LogP contribution in [-0.4, -0.2) is 49.9 Å². The Morgan fingerprint density at radius 3 is 2.39 bits per heavy atom. The number of nitrogen functional groups attached to an aromatic ring is 1. The second-order valence-electron chi connectivity index (χ2n) is 6.54. The quantitative estimate of drug-likeness (QED) is 0.700. The lowest BCUT2D eigenvalue weighted by Gasteiger charge is -2.18. The van der Waals surface area contributed by atoms with Crippen molar-refractivity contribution in [3.63, 3.8) is 0 Å². The van der Waals surface area contributed by atoms with Gasteiger partial charge in [0.05, 0.1) is 18.0 Å². The molecule has 0 aliphatic rings. The molecule has 0 bridgehead atoms. The molecule has 0 aliphatic carbocycles. The Balaban J connectivity index is 1.97. The summed E-state index contributed by atoms with van der Waals surface area (Å²) in [5, 5.41) is 0. The van der Waals surface area contributed by atoms with Crippen LogP contribution < -0.4 is 10.5 Å². The molecular formula is C20H24N6O2. The molecule has 146 valence electrons. The van der Waals surface area contributed by atoms with Gasteiger partial charge in [0.25, 0.3) is 5.91 Å². The normalized spacial score (nSPS) is 11.0. The Bertz CT molecular complexity index is 984. The number of hydrogen-bond donors (Lipinski definition) is 1. The number of carbonyl (C=O) groups excluding carboxylic acids is 1. The minimum atomic E-state index is -0.0895. The van der Waals surface area contributed by atoms with Crippen LogP contribution in [-0.2, 0) is 0 Å². The van der Waals surface area contributed by atoms with E-state index in [1.54, 1.807) is 23.2 Å². The van der Waals surface area contributed by atoms with Gasteiger partial charge < -0.3 is 15.4 Å². The van der Waals surface area contributed by atoms with Crippen LogP contribution in [0.1, 0.15) is 38.1 Å². The summed E-state index contributed by atoms with van der Waals surface area (Å²) in [7, 11) is 0. The fourth-order valence-electron chi connectivity index (χ4n) is 2.82. The van der Waals surface area contributed by atoms with E-state index in [9.17, 15) is 4.79 Å². The lowest BCUT2D eigenvalue weighted by molar-refractivity contribution is 0.0773. The predicted molar refractivity (Wildman–Crippen MR) is 108 cm³/mol. The summed E-state index contributed by atoms with van der Waals surface area (Å²) in [4.78, 5) is 31.5. The Labute approximate surface area is 163 Å². The monoisotopic (exact) mass is 380 g/mol. The molecule has 0 aliphatic heterocycles. The van der Waals surface area contributed by atoms with Crippen molar-refractivity contribution in [3.05, 3.63) is 36.0 Å². The minimum Gasteiger partial charge on any atom is -0.473 e. The van der Waals surface area contributed by atoms with E-state index in [0.29, 0.717) is 41.4 Å². The van der Waals surface area contributed by atoms with Gasteiger partial charge in [0.15, 0.2) is 11.2 Å². The number of rotatable bonds is 6. The standard InChI is InChI=1S/C20H24N6O2/c1-5-26(6-2)19(27)14-9-7-13(8-10-14)15-11-22-17-16(23-15)18(28-12(3)4)25-20(21)24-17/h7-12H,5-6H2,1-4H3,(H2,21,22,24,25). The first kappa shape index (κ1) is 19.5. The number of ether oxygens (including phenoxy) is 1. The molecule has 8 heteroatoms. The van der Waals surface area contributed by atoms with Crippen LogP contribution in [0.2, 0.25) is 0 Å². The first-order chi connectivity index (χ1) is 13.4. The fourth-order valence-corrected chi connectivity index (χ4v) is 2.82. The number of fused-ring (bicyclic) bond motifs is 1. The van der Waals surface area contributed by atoms with E-state index in [-0.39, 0.29) is 18.0 Å². The summed E-state index contributed by atoms with van der Waals surface area (Å²) < 4.78 is 5.72. The van der Waals surface area contributed by atoms with E-state index in [0.717, 1.165) is 5.56 Å². The second-order valence-corrected chi connectivity index (χ2v) is 6.54. The van der Waals surface area contributed by atoms with Crippen molar-refractivity contribution in [2.45, 2.75) is 33.8 Å². The van der Waals surface area contributed by atoms with Crippen molar-refractivity contribution in [1.29, 1.82) is 0 Å². The number of amides is 1. The maximum absolute atomic E-state index is 12.5. The van der Waals surface area contributed by atoms with Crippen molar-refractivity contribution < 1.29 is 9.53 Å². The highest BCUT2D eigenvalue weighted by Gasteiger charge is 2.15. The van der Waals surface area contributed by atoms with Gasteiger partial charge in [-0.3, -0.25) is 4.79 Å². The molecule has 0 saturated carbocycles. The Hall–Kier alpha value is -3.29. The molecule has 0 radical (unpaired) electrons. The number of carbonyl (C=O) groups is 1. The molecule has 2 N–H and O–H groups in total. The Morgan fingerprint density at radius 2 is 1.79 bits per heavy atom. The zero-order chi connectivity index (χ0) is 20.3. The third kappa shape index (κ3) is 4.00. The predicted octanol–water partition coefficient (Wildman–Crippen LogP) is 2.94. The first-order valence-electron chi connectivity index (χ1n) is 9.29. The van der Waals surface area contributed by atoms with Crippen LogP contribution in [0.15, 0.2) is 30.5 Å². The van der Waals surface area contributed by atoms with Crippen LogP contribution in [0, 0.1) is 0 Å². The highest BCUT2D eigenvalue weighted by Crippen LogP contribution is 2.25. The molecule has 1 amide bonds. The molecule has 0 saturated heterocycles. The Kier molecular flexibility index (Phi) is 5.67. The number of aromatic nitrogens is 4. The van der Waals surface area contributed by atoms with Crippen molar-refractivity contribution in [2.24, 2.45) is 0 Å². The molecule has 0 unspecified atom stereocenters. The summed E-state index contributed by atoms with van der Waals surface area (Å²) in [5.74, 6) is 0.405. The summed E-state index contributed by atoms with van der Waals surface area (Å²) in [6.07, 6.45) is 1.53. The van der Waals surface area contributed by atoms with Crippen LogP contribution in [0.3, 0.4) is 0 Å². The summed E-state index contributed by atoms with van der Waals surface area (Å²) >= 11 is 0. The van der Waals surface area contributed by atoms with Crippen molar-refractivity contribution >= 4 is 23.0 Å². The van der Waals surface area contributed by atoms with E-state index in [1.165, 1.54) is 0 Å². The molecule has 1 aromatic carbocycles. The topological polar surface area (TPSA) is 107 Å². The van der Waals surface area contributed by atoms with Gasteiger partial charge >= 0.3 is 0 Å². The summed E-state index contributed by atoms with van der Waals surface area (Å²) in [6.45, 7) is 9.07. The third-order valence-electron chi connectivity index (χ3n) is 4.22. The second kappa shape index (κ2) is 8.16. The molecule has 0 atom stereocenters. The van der Waals surface area contributed by atoms with Gasteiger partial charge in [0.2, 0.25) is 11.8 Å². The largest absolute Gasteiger partial charge is 0.473 e. The maximum Gasteiger partial charge on any atom is 0.253 e. The van der Waals surface area contributed by atoms with Gasteiger partial charge in [0, 0.05) is 24.2 Å². The minimum absolute atomic E-state index is 0.0117. The highest BCUT2D eigenvalue weighted by molar-refractivity contribution is 5.94. The molecule has 0 fully saturated rings. The average Bonchev–Trinajstić information content (AvgIpc) is 2.68. The van der Waals surface area contributed by atoms with Crippen LogP contribution in [0.5, 0.6) is 5.88 Å². The van der Waals surface area contributed by atoms with Crippen LogP contribution in [0.4, 0.5) is 5.95 Å². The smallest absolute Gasteiger partial charge is 0.253 e. The van der Waals surface area contributed by atoms with Gasteiger partial charge in [0.1, 0.15) is 0 Å². The zero-order valence-corrected chi connectivity index (χ0v) is 16.5. The molecule has 3 aromatic rings. The molecule has 3 rings (SSSR count). The van der Waals surface area contributed by atoms with Crippen LogP contribution in [0.25, 0.3) is 22.4 Å². The summed E-state index contributed by atoms with van der Waals surface area (Å²) in [6, 6.07) is 7.31. The van der Waals surface area contributed by atoms with E-state index in [1.807, 2.05) is 39.8 Å². The van der Waals surface area contributed by atoms with E-state index >= 15 is 0 Å². The number of nitrogens with zero attached hydrogens (tertiary/aromatic N) is 5. The number of benzene rings is 1. The van der Waals surface area contributed by atoms with E-state index in [4.69, 9.17) is 10.5 Å². The van der Waals surface area contributed by atoms with E-state index in [2.05, 4.69) is 19.9 Å². The third-order valence-corrected chi connectivity index (χ3v) is 4.22. The van der Waals surface area contributed by atoms with E-state index < -0.39 is 0 Å². The lowest BCUT2D eigenvalue weighted by atomic mass is 10.1. The Morgan fingerprint density at radius 1 is 1.11 bits per heavy atom. The molecule has 2 aromatic heterocycles. The number of anilines is 1. The molecule has 0 spiro atoms. The van der Waals surface area contributed by atoms with Gasteiger partial charge in [-0.2, -0.15) is 9.97 Å². The number of nitrogens with two attached hydrogens (primary N) is 1. The van der Waals surface area contributed by atoms with Crippen molar-refractivity contribution in [2.75, 3.05) is 18.8 Å². The van der Waals surface area contributed by atoms with Crippen molar-refractivity contribution in [1.82, 2.24) is 24.8 Å². The SMILES string of the molecule is CCN(CC)C(=O)c1ccc(-c2cnc3nc(N)nc(OC(C)C)c3n2)cc1. The molecule has 8 nitrogen and oxygen atoms in total.